The molecule has 0 fully saturated rings. The highest BCUT2D eigenvalue weighted by Gasteiger charge is 2.22. The smallest absolute Gasteiger partial charge is 0.201 e. The lowest BCUT2D eigenvalue weighted by molar-refractivity contribution is 0.391. The summed E-state index contributed by atoms with van der Waals surface area (Å²) in [5.74, 6) is 1.24. The number of nitrogen functional groups attached to an aromatic ring is 1. The lowest BCUT2D eigenvalue weighted by Gasteiger charge is -2.16. The van der Waals surface area contributed by atoms with Crippen LogP contribution in [0.4, 0.5) is 5.95 Å². The SMILES string of the molecule is Cc1noc(C)c1C(C)n1c(N)nc2ccc(Cl)cc21. The zero-order chi connectivity index (χ0) is 14.4. The fraction of sp³-hybridized carbons (Fsp3) is 0.286. The second-order valence-electron chi connectivity index (χ2n) is 4.89. The van der Waals surface area contributed by atoms with Crippen molar-refractivity contribution in [1.82, 2.24) is 14.7 Å². The molecule has 20 heavy (non-hydrogen) atoms. The van der Waals surface area contributed by atoms with Crippen molar-refractivity contribution in [3.05, 3.63) is 40.2 Å². The van der Waals surface area contributed by atoms with Gasteiger partial charge in [0.25, 0.3) is 0 Å². The molecule has 0 amide bonds. The number of halogens is 1. The molecular weight excluding hydrogens is 276 g/mol. The molecule has 104 valence electrons. The van der Waals surface area contributed by atoms with E-state index in [9.17, 15) is 0 Å². The van der Waals surface area contributed by atoms with Crippen LogP contribution >= 0.6 is 11.6 Å². The van der Waals surface area contributed by atoms with Gasteiger partial charge in [0.15, 0.2) is 0 Å². The van der Waals surface area contributed by atoms with E-state index in [1.165, 1.54) is 0 Å². The Morgan fingerprint density at radius 1 is 1.35 bits per heavy atom. The molecule has 1 aromatic carbocycles. The van der Waals surface area contributed by atoms with Gasteiger partial charge >= 0.3 is 0 Å². The van der Waals surface area contributed by atoms with Crippen molar-refractivity contribution in [2.75, 3.05) is 5.73 Å². The Morgan fingerprint density at radius 3 is 2.75 bits per heavy atom. The summed E-state index contributed by atoms with van der Waals surface area (Å²) in [7, 11) is 0. The number of aromatic nitrogens is 3. The van der Waals surface area contributed by atoms with Crippen LogP contribution in [0.25, 0.3) is 11.0 Å². The number of imidazole rings is 1. The summed E-state index contributed by atoms with van der Waals surface area (Å²) >= 11 is 6.08. The fourth-order valence-corrected chi connectivity index (χ4v) is 2.87. The summed E-state index contributed by atoms with van der Waals surface area (Å²) in [6.45, 7) is 5.86. The van der Waals surface area contributed by atoms with E-state index in [0.29, 0.717) is 11.0 Å². The first-order valence-electron chi connectivity index (χ1n) is 6.34. The standard InChI is InChI=1S/C14H15ClN4O/c1-7-13(9(3)20-18-7)8(2)19-12-6-10(15)4-5-11(12)17-14(19)16/h4-6,8H,1-3H3,(H2,16,17). The Hall–Kier alpha value is -2.01. The first-order valence-corrected chi connectivity index (χ1v) is 6.72. The second kappa shape index (κ2) is 4.52. The lowest BCUT2D eigenvalue weighted by atomic mass is 10.1. The van der Waals surface area contributed by atoms with E-state index in [-0.39, 0.29) is 6.04 Å². The maximum atomic E-state index is 6.08. The number of hydrogen-bond acceptors (Lipinski definition) is 4. The third-order valence-electron chi connectivity index (χ3n) is 3.57. The molecule has 2 N–H and O–H groups in total. The van der Waals surface area contributed by atoms with Crippen molar-refractivity contribution in [2.45, 2.75) is 26.8 Å². The van der Waals surface area contributed by atoms with Crippen molar-refractivity contribution in [2.24, 2.45) is 0 Å². The Bertz CT molecular complexity index is 770. The Morgan fingerprint density at radius 2 is 2.10 bits per heavy atom. The molecule has 0 radical (unpaired) electrons. The molecule has 0 saturated heterocycles. The van der Waals surface area contributed by atoms with E-state index in [4.69, 9.17) is 21.9 Å². The number of hydrogen-bond donors (Lipinski definition) is 1. The van der Waals surface area contributed by atoms with Crippen LogP contribution in [0.15, 0.2) is 22.7 Å². The fourth-order valence-electron chi connectivity index (χ4n) is 2.71. The van der Waals surface area contributed by atoms with Gasteiger partial charge in [0, 0.05) is 10.6 Å². The number of rotatable bonds is 2. The van der Waals surface area contributed by atoms with E-state index in [1.54, 1.807) is 6.07 Å². The van der Waals surface area contributed by atoms with Crippen molar-refractivity contribution in [3.63, 3.8) is 0 Å². The third-order valence-corrected chi connectivity index (χ3v) is 3.81. The number of benzene rings is 1. The number of aryl methyl sites for hydroxylation is 2. The van der Waals surface area contributed by atoms with E-state index in [0.717, 1.165) is 28.1 Å². The largest absolute Gasteiger partial charge is 0.369 e. The van der Waals surface area contributed by atoms with Gasteiger partial charge in [-0.05, 0) is 39.0 Å². The van der Waals surface area contributed by atoms with Gasteiger partial charge in [-0.1, -0.05) is 16.8 Å². The third kappa shape index (κ3) is 1.86. The maximum Gasteiger partial charge on any atom is 0.201 e. The van der Waals surface area contributed by atoms with Gasteiger partial charge in [-0.2, -0.15) is 0 Å². The van der Waals surface area contributed by atoms with Crippen LogP contribution in [-0.4, -0.2) is 14.7 Å². The van der Waals surface area contributed by atoms with E-state index >= 15 is 0 Å². The maximum absolute atomic E-state index is 6.08. The molecule has 0 aliphatic carbocycles. The predicted octanol–water partition coefficient (Wildman–Crippen LogP) is 3.49. The quantitative estimate of drug-likeness (QED) is 0.784. The minimum absolute atomic E-state index is 0.0234. The summed E-state index contributed by atoms with van der Waals surface area (Å²) in [6, 6.07) is 5.52. The van der Waals surface area contributed by atoms with Gasteiger partial charge < -0.3 is 14.8 Å². The highest BCUT2D eigenvalue weighted by Crippen LogP contribution is 2.31. The highest BCUT2D eigenvalue weighted by atomic mass is 35.5. The van der Waals surface area contributed by atoms with Crippen molar-refractivity contribution in [1.29, 1.82) is 0 Å². The van der Waals surface area contributed by atoms with Gasteiger partial charge in [0.05, 0.1) is 22.8 Å². The average Bonchev–Trinajstić information content (AvgIpc) is 2.88. The predicted molar refractivity (Wildman–Crippen MR) is 78.9 cm³/mol. The summed E-state index contributed by atoms with van der Waals surface area (Å²) < 4.78 is 7.19. The van der Waals surface area contributed by atoms with Crippen LogP contribution in [0.5, 0.6) is 0 Å². The highest BCUT2D eigenvalue weighted by molar-refractivity contribution is 6.31. The molecule has 6 heteroatoms. The van der Waals surface area contributed by atoms with Crippen LogP contribution in [0.2, 0.25) is 5.02 Å². The summed E-state index contributed by atoms with van der Waals surface area (Å²) in [5, 5.41) is 4.66. The van der Waals surface area contributed by atoms with E-state index in [1.807, 2.05) is 37.5 Å². The molecule has 0 aliphatic heterocycles. The molecule has 1 atom stereocenters. The van der Waals surface area contributed by atoms with Gasteiger partial charge in [-0.25, -0.2) is 4.98 Å². The topological polar surface area (TPSA) is 69.9 Å². The molecule has 5 nitrogen and oxygen atoms in total. The summed E-state index contributed by atoms with van der Waals surface area (Å²) in [4.78, 5) is 4.38. The summed E-state index contributed by atoms with van der Waals surface area (Å²) in [6.07, 6.45) is 0. The molecule has 0 aliphatic rings. The Balaban J connectivity index is 2.24. The number of nitrogens with two attached hydrogens (primary N) is 1. The van der Waals surface area contributed by atoms with Crippen LogP contribution in [0, 0.1) is 13.8 Å². The van der Waals surface area contributed by atoms with Crippen LogP contribution < -0.4 is 5.73 Å². The summed E-state index contributed by atoms with van der Waals surface area (Å²) in [5.41, 5.74) is 9.68. The van der Waals surface area contributed by atoms with Crippen LogP contribution in [0.3, 0.4) is 0 Å². The van der Waals surface area contributed by atoms with E-state index < -0.39 is 0 Å². The van der Waals surface area contributed by atoms with Crippen LogP contribution in [0.1, 0.15) is 30.0 Å². The van der Waals surface area contributed by atoms with Crippen LogP contribution in [-0.2, 0) is 0 Å². The zero-order valence-corrected chi connectivity index (χ0v) is 12.3. The van der Waals surface area contributed by atoms with Crippen molar-refractivity contribution < 1.29 is 4.52 Å². The first kappa shape index (κ1) is 13.0. The Kier molecular flexibility index (Phi) is 2.94. The zero-order valence-electron chi connectivity index (χ0n) is 11.5. The van der Waals surface area contributed by atoms with Crippen molar-refractivity contribution in [3.8, 4) is 0 Å². The molecule has 2 aromatic heterocycles. The molecular formula is C14H15ClN4O. The molecule has 2 heterocycles. The minimum atomic E-state index is -0.0234. The molecule has 0 bridgehead atoms. The second-order valence-corrected chi connectivity index (χ2v) is 5.32. The average molecular weight is 291 g/mol. The molecule has 1 unspecified atom stereocenters. The van der Waals surface area contributed by atoms with Gasteiger partial charge in [0.1, 0.15) is 5.76 Å². The van der Waals surface area contributed by atoms with Gasteiger partial charge in [0.2, 0.25) is 5.95 Å². The van der Waals surface area contributed by atoms with Gasteiger partial charge in [-0.3, -0.25) is 0 Å². The number of nitrogens with zero attached hydrogens (tertiary/aromatic N) is 3. The molecule has 3 rings (SSSR count). The monoisotopic (exact) mass is 290 g/mol. The van der Waals surface area contributed by atoms with Gasteiger partial charge in [-0.15, -0.1) is 0 Å². The van der Waals surface area contributed by atoms with E-state index in [2.05, 4.69) is 10.1 Å². The number of fused-ring (bicyclic) bond motifs is 1. The Labute approximate surface area is 121 Å². The number of anilines is 1. The normalized spacial score (nSPS) is 13.0. The molecule has 3 aromatic rings. The first-order chi connectivity index (χ1) is 9.49. The molecule has 0 spiro atoms. The minimum Gasteiger partial charge on any atom is -0.369 e. The molecule has 0 saturated carbocycles. The van der Waals surface area contributed by atoms with Crippen molar-refractivity contribution >= 4 is 28.6 Å². The lowest BCUT2D eigenvalue weighted by Crippen LogP contribution is -2.11.